The van der Waals surface area contributed by atoms with Crippen molar-refractivity contribution in [2.75, 3.05) is 5.32 Å². The molecule has 0 unspecified atom stereocenters. The molecule has 1 aromatic carbocycles. The topological polar surface area (TPSA) is 61.4 Å². The summed E-state index contributed by atoms with van der Waals surface area (Å²) in [6, 6.07) is 3.99. The van der Waals surface area contributed by atoms with Crippen LogP contribution < -0.4 is 10.6 Å². The van der Waals surface area contributed by atoms with Crippen LogP contribution in [0.4, 0.5) is 10.5 Å². The predicted octanol–water partition coefficient (Wildman–Crippen LogP) is 3.09. The fraction of sp³-hybridized carbons (Fsp3) is 0.182. The fourth-order valence-corrected chi connectivity index (χ4v) is 1.15. The Labute approximate surface area is 98.9 Å². The molecule has 0 saturated carbocycles. The van der Waals surface area contributed by atoms with Crippen molar-refractivity contribution in [2.24, 2.45) is 0 Å². The van der Waals surface area contributed by atoms with Gasteiger partial charge in [-0.2, -0.15) is 0 Å². The molecule has 3 N–H and O–H groups in total. The quantitative estimate of drug-likeness (QED) is 0.696. The summed E-state index contributed by atoms with van der Waals surface area (Å²) in [6.45, 7) is 3.72. The van der Waals surface area contributed by atoms with Crippen LogP contribution in [0.1, 0.15) is 13.8 Å². The Hall–Kier alpha value is -1.68. The molecule has 0 aliphatic heterocycles. The van der Waals surface area contributed by atoms with Crippen LogP contribution in [-0.4, -0.2) is 11.1 Å². The number of hydrogen-bond donors (Lipinski definition) is 3. The second-order valence-electron chi connectivity index (χ2n) is 3.48. The predicted molar refractivity (Wildman–Crippen MR) is 64.7 cm³/mol. The highest BCUT2D eigenvalue weighted by Gasteiger charge is 2.05. The van der Waals surface area contributed by atoms with Gasteiger partial charge in [-0.05, 0) is 32.0 Å². The molecule has 5 heteroatoms. The number of carbonyl (C=O) groups is 1. The van der Waals surface area contributed by atoms with Gasteiger partial charge in [0, 0.05) is 11.2 Å². The summed E-state index contributed by atoms with van der Waals surface area (Å²) in [6.07, 6.45) is 1.57. The molecule has 4 nitrogen and oxygen atoms in total. The van der Waals surface area contributed by atoms with E-state index in [1.165, 1.54) is 18.2 Å². The molecule has 1 rings (SSSR count). The average Bonchev–Trinajstić information content (AvgIpc) is 2.20. The Bertz CT molecular complexity index is 426. The normalized spacial score (nSPS) is 9.44. The molecule has 86 valence electrons. The van der Waals surface area contributed by atoms with E-state index in [1.54, 1.807) is 6.20 Å². The first-order chi connectivity index (χ1) is 7.49. The molecule has 0 atom stereocenters. The second-order valence-corrected chi connectivity index (χ2v) is 3.92. The summed E-state index contributed by atoms with van der Waals surface area (Å²) < 4.78 is 0. The molecule has 16 heavy (non-hydrogen) atoms. The molecule has 0 spiro atoms. The van der Waals surface area contributed by atoms with Gasteiger partial charge in [-0.1, -0.05) is 17.2 Å². The van der Waals surface area contributed by atoms with Crippen LogP contribution in [0.25, 0.3) is 0 Å². The highest BCUT2D eigenvalue weighted by molar-refractivity contribution is 6.31. The number of amides is 2. The van der Waals surface area contributed by atoms with Crippen molar-refractivity contribution in [3.63, 3.8) is 0 Å². The van der Waals surface area contributed by atoms with Gasteiger partial charge in [0.15, 0.2) is 0 Å². The van der Waals surface area contributed by atoms with Gasteiger partial charge in [-0.25, -0.2) is 4.79 Å². The lowest BCUT2D eigenvalue weighted by atomic mass is 10.3. The van der Waals surface area contributed by atoms with Crippen LogP contribution in [0.3, 0.4) is 0 Å². The Morgan fingerprint density at radius 2 is 2.12 bits per heavy atom. The summed E-state index contributed by atoms with van der Waals surface area (Å²) in [5.41, 5.74) is 1.23. The first-order valence-corrected chi connectivity index (χ1v) is 5.06. The van der Waals surface area contributed by atoms with E-state index in [4.69, 9.17) is 11.6 Å². The molecule has 0 aliphatic carbocycles. The summed E-state index contributed by atoms with van der Waals surface area (Å²) in [5.74, 6) is -0.0308. The van der Waals surface area contributed by atoms with E-state index in [2.05, 4.69) is 10.6 Å². The van der Waals surface area contributed by atoms with Crippen LogP contribution in [0.2, 0.25) is 5.02 Å². The Kier molecular flexibility index (Phi) is 4.19. The summed E-state index contributed by atoms with van der Waals surface area (Å²) in [7, 11) is 0. The van der Waals surface area contributed by atoms with Gasteiger partial charge in [-0.15, -0.1) is 0 Å². The number of carbonyl (C=O) groups excluding carboxylic acids is 1. The summed E-state index contributed by atoms with van der Waals surface area (Å²) >= 11 is 5.73. The number of halogens is 1. The van der Waals surface area contributed by atoms with Gasteiger partial charge >= 0.3 is 6.03 Å². The van der Waals surface area contributed by atoms with Crippen LogP contribution >= 0.6 is 11.6 Å². The van der Waals surface area contributed by atoms with Crippen molar-refractivity contribution >= 4 is 23.3 Å². The SMILES string of the molecule is CC(C)=CNC(=O)Nc1cc(Cl)ccc1O. The number of urea groups is 1. The largest absolute Gasteiger partial charge is 0.506 e. The van der Waals surface area contributed by atoms with Gasteiger partial charge < -0.3 is 15.7 Å². The number of aromatic hydroxyl groups is 1. The van der Waals surface area contributed by atoms with Crippen molar-refractivity contribution in [1.82, 2.24) is 5.32 Å². The van der Waals surface area contributed by atoms with Crippen LogP contribution in [-0.2, 0) is 0 Å². The summed E-state index contributed by atoms with van der Waals surface area (Å²) in [5, 5.41) is 14.9. The maximum atomic E-state index is 11.4. The standard InChI is InChI=1S/C11H13ClN2O2/c1-7(2)6-13-11(16)14-9-5-8(12)3-4-10(9)15/h3-6,15H,1-2H3,(H2,13,14,16). The van der Waals surface area contributed by atoms with E-state index in [0.29, 0.717) is 5.02 Å². The zero-order valence-corrected chi connectivity index (χ0v) is 9.80. The van der Waals surface area contributed by atoms with Gasteiger partial charge in [0.2, 0.25) is 0 Å². The maximum Gasteiger partial charge on any atom is 0.323 e. The van der Waals surface area contributed by atoms with E-state index in [9.17, 15) is 9.90 Å². The van der Waals surface area contributed by atoms with Gasteiger partial charge in [0.1, 0.15) is 5.75 Å². The number of nitrogens with one attached hydrogen (secondary N) is 2. The number of benzene rings is 1. The van der Waals surface area contributed by atoms with Crippen molar-refractivity contribution < 1.29 is 9.90 Å². The minimum absolute atomic E-state index is 0.0308. The third kappa shape index (κ3) is 3.82. The zero-order valence-electron chi connectivity index (χ0n) is 9.04. The van der Waals surface area contributed by atoms with Gasteiger partial charge in [0.25, 0.3) is 0 Å². The molecule has 0 fully saturated rings. The molecule has 0 aromatic heterocycles. The first kappa shape index (κ1) is 12.4. The molecule has 0 bridgehead atoms. The molecule has 0 saturated heterocycles. The number of allylic oxidation sites excluding steroid dienone is 1. The van der Waals surface area contributed by atoms with Crippen molar-refractivity contribution in [3.8, 4) is 5.75 Å². The number of phenolic OH excluding ortho intramolecular Hbond substituents is 1. The lowest BCUT2D eigenvalue weighted by Gasteiger charge is -2.07. The van der Waals surface area contributed by atoms with Crippen LogP contribution in [0.15, 0.2) is 30.0 Å². The lowest BCUT2D eigenvalue weighted by Crippen LogP contribution is -2.24. The third-order valence-corrected chi connectivity index (χ3v) is 1.93. The number of anilines is 1. The number of hydrogen-bond acceptors (Lipinski definition) is 2. The highest BCUT2D eigenvalue weighted by atomic mass is 35.5. The minimum Gasteiger partial charge on any atom is -0.506 e. The Morgan fingerprint density at radius 3 is 2.75 bits per heavy atom. The number of rotatable bonds is 2. The number of phenols is 1. The molecule has 2 amide bonds. The fourth-order valence-electron chi connectivity index (χ4n) is 0.977. The smallest absolute Gasteiger partial charge is 0.323 e. The molecule has 0 aliphatic rings. The van der Waals surface area contributed by atoms with Crippen LogP contribution in [0, 0.1) is 0 Å². The molecule has 1 aromatic rings. The first-order valence-electron chi connectivity index (χ1n) is 4.68. The van der Waals surface area contributed by atoms with E-state index in [1.807, 2.05) is 13.8 Å². The van der Waals surface area contributed by atoms with E-state index >= 15 is 0 Å². The summed E-state index contributed by atoms with van der Waals surface area (Å²) in [4.78, 5) is 11.4. The van der Waals surface area contributed by atoms with Crippen molar-refractivity contribution in [3.05, 3.63) is 35.0 Å². The van der Waals surface area contributed by atoms with Crippen molar-refractivity contribution in [2.45, 2.75) is 13.8 Å². The molecule has 0 heterocycles. The van der Waals surface area contributed by atoms with E-state index < -0.39 is 6.03 Å². The minimum atomic E-state index is -0.432. The van der Waals surface area contributed by atoms with Gasteiger partial charge in [-0.3, -0.25) is 0 Å². The second kappa shape index (κ2) is 5.42. The molecular weight excluding hydrogens is 228 g/mol. The van der Waals surface area contributed by atoms with E-state index in [-0.39, 0.29) is 11.4 Å². The molecular formula is C11H13ClN2O2. The maximum absolute atomic E-state index is 11.4. The van der Waals surface area contributed by atoms with Crippen LogP contribution in [0.5, 0.6) is 5.75 Å². The monoisotopic (exact) mass is 240 g/mol. The zero-order chi connectivity index (χ0) is 12.1. The molecule has 0 radical (unpaired) electrons. The Morgan fingerprint density at radius 1 is 1.44 bits per heavy atom. The van der Waals surface area contributed by atoms with Gasteiger partial charge in [0.05, 0.1) is 5.69 Å². The van der Waals surface area contributed by atoms with Crippen molar-refractivity contribution in [1.29, 1.82) is 0 Å². The Balaban J connectivity index is 2.69. The third-order valence-electron chi connectivity index (χ3n) is 1.70. The van der Waals surface area contributed by atoms with E-state index in [0.717, 1.165) is 5.57 Å². The lowest BCUT2D eigenvalue weighted by molar-refractivity contribution is 0.255. The highest BCUT2D eigenvalue weighted by Crippen LogP contribution is 2.26. The average molecular weight is 241 g/mol.